The molecule has 0 unspecified atom stereocenters. The van der Waals surface area contributed by atoms with Gasteiger partial charge in [0, 0.05) is 50.0 Å². The number of rotatable bonds is 4. The summed E-state index contributed by atoms with van der Waals surface area (Å²) in [6.45, 7) is 0. The molecule has 0 saturated carbocycles. The van der Waals surface area contributed by atoms with Gasteiger partial charge in [-0.05, 0) is 68.7 Å². The first-order valence-electron chi connectivity index (χ1n) is 18.9. The maximum Gasteiger partial charge on any atom is 0.164 e. The first-order valence-corrected chi connectivity index (χ1v) is 18.9. The summed E-state index contributed by atoms with van der Waals surface area (Å²) in [7, 11) is 0. The minimum atomic E-state index is 0.597. The van der Waals surface area contributed by atoms with Crippen molar-refractivity contribution in [2.45, 2.75) is 0 Å². The van der Waals surface area contributed by atoms with Crippen molar-refractivity contribution in [1.82, 2.24) is 19.5 Å². The molecule has 0 amide bonds. The molecule has 0 N–H and O–H groups in total. The van der Waals surface area contributed by atoms with Crippen LogP contribution < -0.4 is 0 Å². The van der Waals surface area contributed by atoms with Gasteiger partial charge < -0.3 is 8.98 Å². The van der Waals surface area contributed by atoms with E-state index in [0.717, 1.165) is 55.3 Å². The molecule has 12 aromatic rings. The molecule has 5 heteroatoms. The van der Waals surface area contributed by atoms with Crippen LogP contribution in [0.2, 0.25) is 0 Å². The molecular formula is C51H30N4O. The second-order valence-corrected chi connectivity index (χ2v) is 14.4. The topological polar surface area (TPSA) is 56.7 Å². The largest absolute Gasteiger partial charge is 0.456 e. The molecule has 0 fully saturated rings. The van der Waals surface area contributed by atoms with Crippen LogP contribution in [0.3, 0.4) is 0 Å². The third kappa shape index (κ3) is 4.64. The van der Waals surface area contributed by atoms with E-state index in [1.54, 1.807) is 0 Å². The van der Waals surface area contributed by atoms with E-state index >= 15 is 0 Å². The maximum atomic E-state index is 6.73. The van der Waals surface area contributed by atoms with Crippen molar-refractivity contribution in [1.29, 1.82) is 0 Å². The lowest BCUT2D eigenvalue weighted by molar-refractivity contribution is 0.669. The fourth-order valence-electron chi connectivity index (χ4n) is 8.63. The summed E-state index contributed by atoms with van der Waals surface area (Å²) in [5.74, 6) is 1.85. The number of benzene rings is 9. The van der Waals surface area contributed by atoms with E-state index in [-0.39, 0.29) is 0 Å². The van der Waals surface area contributed by atoms with E-state index in [1.165, 1.54) is 43.1 Å². The van der Waals surface area contributed by atoms with Gasteiger partial charge in [-0.1, -0.05) is 140 Å². The molecule has 0 bridgehead atoms. The molecule has 56 heavy (non-hydrogen) atoms. The summed E-state index contributed by atoms with van der Waals surface area (Å²) in [6, 6.07) is 63.9. The van der Waals surface area contributed by atoms with Gasteiger partial charge in [-0.15, -0.1) is 0 Å². The molecular weight excluding hydrogens is 685 g/mol. The van der Waals surface area contributed by atoms with Gasteiger partial charge >= 0.3 is 0 Å². The van der Waals surface area contributed by atoms with E-state index in [2.05, 4.69) is 126 Å². The molecule has 9 aromatic carbocycles. The zero-order valence-corrected chi connectivity index (χ0v) is 30.0. The highest BCUT2D eigenvalue weighted by atomic mass is 16.3. The van der Waals surface area contributed by atoms with Crippen molar-refractivity contribution >= 4 is 76.1 Å². The predicted octanol–water partition coefficient (Wildman–Crippen LogP) is 13.3. The molecule has 3 aromatic heterocycles. The highest BCUT2D eigenvalue weighted by molar-refractivity contribution is 6.26. The molecule has 0 saturated heterocycles. The van der Waals surface area contributed by atoms with Gasteiger partial charge in [-0.2, -0.15) is 0 Å². The molecule has 3 heterocycles. The Kier molecular flexibility index (Phi) is 6.56. The summed E-state index contributed by atoms with van der Waals surface area (Å²) in [6.07, 6.45) is 0. The molecule has 0 atom stereocenters. The molecule has 12 rings (SSSR count). The highest BCUT2D eigenvalue weighted by Gasteiger charge is 2.19. The second kappa shape index (κ2) is 11.9. The van der Waals surface area contributed by atoms with Crippen LogP contribution in [-0.2, 0) is 0 Å². The van der Waals surface area contributed by atoms with Crippen LogP contribution >= 0.6 is 0 Å². The summed E-state index contributed by atoms with van der Waals surface area (Å²) in [4.78, 5) is 14.8. The lowest BCUT2D eigenvalue weighted by Gasteiger charge is -2.13. The van der Waals surface area contributed by atoms with Gasteiger partial charge in [-0.3, -0.25) is 0 Å². The van der Waals surface area contributed by atoms with E-state index < -0.39 is 0 Å². The summed E-state index contributed by atoms with van der Waals surface area (Å²) in [5.41, 5.74) is 7.72. The summed E-state index contributed by atoms with van der Waals surface area (Å²) < 4.78 is 9.11. The Morgan fingerprint density at radius 3 is 1.45 bits per heavy atom. The van der Waals surface area contributed by atoms with Gasteiger partial charge in [0.2, 0.25) is 0 Å². The number of hydrogen-bond donors (Lipinski definition) is 0. The Morgan fingerprint density at radius 2 is 0.804 bits per heavy atom. The summed E-state index contributed by atoms with van der Waals surface area (Å²) >= 11 is 0. The zero-order valence-electron chi connectivity index (χ0n) is 30.0. The van der Waals surface area contributed by atoms with Crippen LogP contribution in [0.4, 0.5) is 0 Å². The van der Waals surface area contributed by atoms with Crippen molar-refractivity contribution in [3.05, 3.63) is 182 Å². The molecule has 0 aliphatic rings. The van der Waals surface area contributed by atoms with E-state index in [4.69, 9.17) is 19.4 Å². The van der Waals surface area contributed by atoms with Crippen molar-refractivity contribution in [2.24, 2.45) is 0 Å². The van der Waals surface area contributed by atoms with Crippen molar-refractivity contribution < 1.29 is 4.42 Å². The van der Waals surface area contributed by atoms with Crippen molar-refractivity contribution in [3.63, 3.8) is 0 Å². The Morgan fingerprint density at radius 1 is 0.304 bits per heavy atom. The van der Waals surface area contributed by atoms with Crippen LogP contribution in [0.5, 0.6) is 0 Å². The molecule has 0 spiro atoms. The lowest BCUT2D eigenvalue weighted by Crippen LogP contribution is -2.00. The molecule has 0 aliphatic heterocycles. The fourth-order valence-corrected chi connectivity index (χ4v) is 8.63. The Hall–Kier alpha value is -7.63. The normalized spacial score (nSPS) is 11.9. The monoisotopic (exact) mass is 714 g/mol. The SMILES string of the molecule is c1ccc(-c2nc(-c3ccccc3)nc(-c3ccc4c(c3)oc3cc5c(cc34)c3ccccc3n5-c3ccc4c5ccccc5c5ccccc5c4c3)n2)cc1. The van der Waals surface area contributed by atoms with Gasteiger partial charge in [0.1, 0.15) is 11.2 Å². The van der Waals surface area contributed by atoms with Crippen LogP contribution in [-0.4, -0.2) is 19.5 Å². The number of aromatic nitrogens is 4. The predicted molar refractivity (Wildman–Crippen MR) is 230 cm³/mol. The van der Waals surface area contributed by atoms with Crippen molar-refractivity contribution in [2.75, 3.05) is 0 Å². The first kappa shape index (κ1) is 30.8. The average molecular weight is 715 g/mol. The lowest BCUT2D eigenvalue weighted by atomic mass is 9.94. The first-order chi connectivity index (χ1) is 27.7. The van der Waals surface area contributed by atoms with Gasteiger partial charge in [0.25, 0.3) is 0 Å². The zero-order chi connectivity index (χ0) is 36.7. The Labute approximate surface area is 320 Å². The molecule has 260 valence electrons. The van der Waals surface area contributed by atoms with Crippen LogP contribution in [0.25, 0.3) is 116 Å². The molecule has 0 radical (unpaired) electrons. The number of fused-ring (bicyclic) bond motifs is 12. The Balaban J connectivity index is 1.05. The number of hydrogen-bond acceptors (Lipinski definition) is 4. The number of furan rings is 1. The van der Waals surface area contributed by atoms with Gasteiger partial charge in [-0.25, -0.2) is 15.0 Å². The standard InChI is InChI=1S/C51H30N4O/c1-3-13-31(14-4-1)49-52-50(32-15-5-2-6-16-32)54-51(53-49)33-23-25-41-44-29-43-40-21-11-12-22-45(40)55(46(43)30-48(44)56-47(41)27-33)34-24-26-39-37-19-8-7-17-35(37)36-18-9-10-20-38(36)42(39)28-34/h1-30H. The van der Waals surface area contributed by atoms with Gasteiger partial charge in [0.15, 0.2) is 17.5 Å². The third-order valence-electron chi connectivity index (χ3n) is 11.2. The molecule has 0 aliphatic carbocycles. The van der Waals surface area contributed by atoms with Crippen LogP contribution in [0.1, 0.15) is 0 Å². The minimum absolute atomic E-state index is 0.597. The smallest absolute Gasteiger partial charge is 0.164 e. The van der Waals surface area contributed by atoms with E-state index in [1.807, 2.05) is 60.7 Å². The minimum Gasteiger partial charge on any atom is -0.456 e. The summed E-state index contributed by atoms with van der Waals surface area (Å²) in [5, 5.41) is 12.1. The number of para-hydroxylation sites is 1. The van der Waals surface area contributed by atoms with Crippen LogP contribution in [0.15, 0.2) is 186 Å². The van der Waals surface area contributed by atoms with E-state index in [0.29, 0.717) is 17.5 Å². The maximum absolute atomic E-state index is 6.73. The molecule has 5 nitrogen and oxygen atoms in total. The van der Waals surface area contributed by atoms with Crippen LogP contribution in [0, 0.1) is 0 Å². The Bertz CT molecular complexity index is 3440. The van der Waals surface area contributed by atoms with Gasteiger partial charge in [0.05, 0.1) is 11.0 Å². The highest BCUT2D eigenvalue weighted by Crippen LogP contribution is 2.41. The second-order valence-electron chi connectivity index (χ2n) is 14.4. The fraction of sp³-hybridized carbons (Fsp3) is 0. The average Bonchev–Trinajstić information content (AvgIpc) is 3.80. The van der Waals surface area contributed by atoms with Crippen molar-refractivity contribution in [3.8, 4) is 39.9 Å². The van der Waals surface area contributed by atoms with E-state index in [9.17, 15) is 0 Å². The quantitative estimate of drug-likeness (QED) is 0.170. The third-order valence-corrected chi connectivity index (χ3v) is 11.2. The number of nitrogens with zero attached hydrogens (tertiary/aromatic N) is 4.